The Bertz CT molecular complexity index is 432. The van der Waals surface area contributed by atoms with Crippen molar-refractivity contribution in [2.45, 2.75) is 25.8 Å². The number of hydrogen-bond acceptors (Lipinski definition) is 2. The summed E-state index contributed by atoms with van der Waals surface area (Å²) in [6.45, 7) is 4.53. The number of hydrogen-bond donors (Lipinski definition) is 2. The molecule has 0 radical (unpaired) electrons. The lowest BCUT2D eigenvalue weighted by Gasteiger charge is -2.28. The van der Waals surface area contributed by atoms with E-state index in [1.807, 2.05) is 11.8 Å². The van der Waals surface area contributed by atoms with E-state index in [4.69, 9.17) is 0 Å². The number of nitrogens with one attached hydrogen (secondary N) is 2. The highest BCUT2D eigenvalue weighted by Gasteiger charge is 2.25. The van der Waals surface area contributed by atoms with Crippen molar-refractivity contribution in [3.8, 4) is 0 Å². The minimum absolute atomic E-state index is 0.152. The zero-order valence-electron chi connectivity index (χ0n) is 11.2. The SMILES string of the molecule is CCCN(C(=O)Nc1cccc(F)c1)C1CCNC1. The van der Waals surface area contributed by atoms with E-state index in [1.54, 1.807) is 12.1 Å². The van der Waals surface area contributed by atoms with Gasteiger partial charge in [0.1, 0.15) is 5.82 Å². The third-order valence-electron chi connectivity index (χ3n) is 3.28. The number of halogens is 1. The van der Waals surface area contributed by atoms with Crippen LogP contribution in [0.25, 0.3) is 0 Å². The van der Waals surface area contributed by atoms with Crippen molar-refractivity contribution in [2.75, 3.05) is 25.0 Å². The van der Waals surface area contributed by atoms with Crippen molar-refractivity contribution in [1.29, 1.82) is 0 Å². The molecule has 0 saturated carbocycles. The minimum Gasteiger partial charge on any atom is -0.320 e. The Hall–Kier alpha value is -1.62. The highest BCUT2D eigenvalue weighted by atomic mass is 19.1. The lowest BCUT2D eigenvalue weighted by atomic mass is 10.2. The van der Waals surface area contributed by atoms with Gasteiger partial charge in [-0.05, 0) is 37.6 Å². The van der Waals surface area contributed by atoms with Gasteiger partial charge in [0, 0.05) is 24.8 Å². The molecule has 1 saturated heterocycles. The van der Waals surface area contributed by atoms with Crippen molar-refractivity contribution in [3.05, 3.63) is 30.1 Å². The Balaban J connectivity index is 2.02. The summed E-state index contributed by atoms with van der Waals surface area (Å²) >= 11 is 0. The van der Waals surface area contributed by atoms with Crippen LogP contribution in [0.4, 0.5) is 14.9 Å². The van der Waals surface area contributed by atoms with Gasteiger partial charge in [0.25, 0.3) is 0 Å². The molecular weight excluding hydrogens is 245 g/mol. The average Bonchev–Trinajstić information content (AvgIpc) is 2.89. The second-order valence-electron chi connectivity index (χ2n) is 4.78. The molecule has 2 rings (SSSR count). The number of rotatable bonds is 4. The first-order valence-electron chi connectivity index (χ1n) is 6.74. The van der Waals surface area contributed by atoms with E-state index in [2.05, 4.69) is 10.6 Å². The van der Waals surface area contributed by atoms with Crippen molar-refractivity contribution in [2.24, 2.45) is 0 Å². The molecule has 1 aliphatic heterocycles. The number of benzene rings is 1. The van der Waals surface area contributed by atoms with E-state index >= 15 is 0 Å². The molecule has 1 fully saturated rings. The average molecular weight is 265 g/mol. The van der Waals surface area contributed by atoms with Crippen LogP contribution in [0.3, 0.4) is 0 Å². The number of carbonyl (C=O) groups is 1. The van der Waals surface area contributed by atoms with Gasteiger partial charge in [0.15, 0.2) is 0 Å². The van der Waals surface area contributed by atoms with E-state index in [0.717, 1.165) is 25.9 Å². The highest BCUT2D eigenvalue weighted by Crippen LogP contribution is 2.14. The fraction of sp³-hybridized carbons (Fsp3) is 0.500. The number of urea groups is 1. The van der Waals surface area contributed by atoms with Crippen LogP contribution in [0.5, 0.6) is 0 Å². The summed E-state index contributed by atoms with van der Waals surface area (Å²) in [6, 6.07) is 6.05. The highest BCUT2D eigenvalue weighted by molar-refractivity contribution is 5.89. The monoisotopic (exact) mass is 265 g/mol. The maximum atomic E-state index is 13.1. The fourth-order valence-electron chi connectivity index (χ4n) is 2.36. The summed E-state index contributed by atoms with van der Waals surface area (Å²) in [7, 11) is 0. The third kappa shape index (κ3) is 3.67. The molecular formula is C14H20FN3O. The Morgan fingerprint density at radius 3 is 3.05 bits per heavy atom. The number of carbonyl (C=O) groups excluding carboxylic acids is 1. The number of amides is 2. The van der Waals surface area contributed by atoms with E-state index in [9.17, 15) is 9.18 Å². The van der Waals surface area contributed by atoms with Crippen molar-refractivity contribution < 1.29 is 9.18 Å². The smallest absolute Gasteiger partial charge is 0.320 e. The molecule has 1 aromatic carbocycles. The molecule has 2 N–H and O–H groups in total. The quantitative estimate of drug-likeness (QED) is 0.878. The minimum atomic E-state index is -0.345. The topological polar surface area (TPSA) is 44.4 Å². The maximum Gasteiger partial charge on any atom is 0.322 e. The second-order valence-corrected chi connectivity index (χ2v) is 4.78. The van der Waals surface area contributed by atoms with Crippen LogP contribution in [0.2, 0.25) is 0 Å². The molecule has 0 aromatic heterocycles. The standard InChI is InChI=1S/C14H20FN3O/c1-2-8-18(13-6-7-16-10-13)14(19)17-12-5-3-4-11(15)9-12/h3-5,9,13,16H,2,6-8,10H2,1H3,(H,17,19). The normalized spacial score (nSPS) is 18.3. The van der Waals surface area contributed by atoms with E-state index in [-0.39, 0.29) is 17.9 Å². The third-order valence-corrected chi connectivity index (χ3v) is 3.28. The van der Waals surface area contributed by atoms with Crippen molar-refractivity contribution in [1.82, 2.24) is 10.2 Å². The van der Waals surface area contributed by atoms with Crippen LogP contribution in [-0.2, 0) is 0 Å². The first-order valence-corrected chi connectivity index (χ1v) is 6.74. The van der Waals surface area contributed by atoms with Crippen LogP contribution in [0.15, 0.2) is 24.3 Å². The molecule has 1 unspecified atom stereocenters. The molecule has 0 bridgehead atoms. The number of anilines is 1. The molecule has 1 aliphatic rings. The van der Waals surface area contributed by atoms with Crippen LogP contribution in [0.1, 0.15) is 19.8 Å². The van der Waals surface area contributed by atoms with Crippen LogP contribution < -0.4 is 10.6 Å². The van der Waals surface area contributed by atoms with Gasteiger partial charge < -0.3 is 15.5 Å². The molecule has 0 spiro atoms. The molecule has 4 nitrogen and oxygen atoms in total. The van der Waals surface area contributed by atoms with E-state index in [0.29, 0.717) is 12.2 Å². The number of nitrogens with zero attached hydrogens (tertiary/aromatic N) is 1. The fourth-order valence-corrected chi connectivity index (χ4v) is 2.36. The summed E-state index contributed by atoms with van der Waals surface area (Å²) in [5.41, 5.74) is 0.497. The Morgan fingerprint density at radius 2 is 2.42 bits per heavy atom. The lowest BCUT2D eigenvalue weighted by Crippen LogP contribution is -2.44. The first kappa shape index (κ1) is 13.8. The van der Waals surface area contributed by atoms with Gasteiger partial charge in [0.05, 0.1) is 0 Å². The Morgan fingerprint density at radius 1 is 1.58 bits per heavy atom. The molecule has 0 aliphatic carbocycles. The zero-order chi connectivity index (χ0) is 13.7. The summed E-state index contributed by atoms with van der Waals surface area (Å²) in [6.07, 6.45) is 1.88. The first-order chi connectivity index (χ1) is 9.20. The van der Waals surface area contributed by atoms with Gasteiger partial charge in [-0.3, -0.25) is 0 Å². The predicted molar refractivity (Wildman–Crippen MR) is 73.7 cm³/mol. The molecule has 1 aromatic rings. The van der Waals surface area contributed by atoms with Gasteiger partial charge in [-0.2, -0.15) is 0 Å². The van der Waals surface area contributed by atoms with E-state index < -0.39 is 0 Å². The van der Waals surface area contributed by atoms with Crippen molar-refractivity contribution in [3.63, 3.8) is 0 Å². The zero-order valence-corrected chi connectivity index (χ0v) is 11.2. The van der Waals surface area contributed by atoms with Gasteiger partial charge >= 0.3 is 6.03 Å². The molecule has 2 amide bonds. The second kappa shape index (κ2) is 6.52. The van der Waals surface area contributed by atoms with Gasteiger partial charge in [0.2, 0.25) is 0 Å². The summed E-state index contributed by atoms with van der Waals surface area (Å²) < 4.78 is 13.1. The van der Waals surface area contributed by atoms with Gasteiger partial charge in [-0.1, -0.05) is 13.0 Å². The summed E-state index contributed by atoms with van der Waals surface area (Å²) in [5, 5.41) is 6.02. The van der Waals surface area contributed by atoms with Crippen molar-refractivity contribution >= 4 is 11.7 Å². The van der Waals surface area contributed by atoms with Gasteiger partial charge in [-0.15, -0.1) is 0 Å². The van der Waals surface area contributed by atoms with Crippen LogP contribution in [-0.4, -0.2) is 36.6 Å². The van der Waals surface area contributed by atoms with Gasteiger partial charge in [-0.25, -0.2) is 9.18 Å². The maximum absolute atomic E-state index is 13.1. The Labute approximate surface area is 113 Å². The van der Waals surface area contributed by atoms with E-state index in [1.165, 1.54) is 12.1 Å². The van der Waals surface area contributed by atoms with Crippen LogP contribution >= 0.6 is 0 Å². The molecule has 1 heterocycles. The lowest BCUT2D eigenvalue weighted by molar-refractivity contribution is 0.192. The summed E-state index contributed by atoms with van der Waals surface area (Å²) in [5.74, 6) is -0.345. The van der Waals surface area contributed by atoms with Crippen LogP contribution in [0, 0.1) is 5.82 Å². The molecule has 1 atom stereocenters. The molecule has 19 heavy (non-hydrogen) atoms. The molecule has 5 heteroatoms. The Kier molecular flexibility index (Phi) is 4.74. The largest absolute Gasteiger partial charge is 0.322 e. The molecule has 104 valence electrons. The predicted octanol–water partition coefficient (Wildman–Crippen LogP) is 2.43. The summed E-state index contributed by atoms with van der Waals surface area (Å²) in [4.78, 5) is 14.1.